The van der Waals surface area contributed by atoms with Crippen molar-refractivity contribution in [3.63, 3.8) is 0 Å². The molecule has 0 radical (unpaired) electrons. The van der Waals surface area contributed by atoms with Gasteiger partial charge in [0.05, 0.1) is 25.4 Å². The number of hydrogen-bond acceptors (Lipinski definition) is 8. The molecular weight excluding hydrogens is 1100 g/mol. The number of carbonyl (C=O) groups is 1. The molecule has 0 saturated carbocycles. The lowest BCUT2D eigenvalue weighted by molar-refractivity contribution is -0.302. The van der Waals surface area contributed by atoms with Crippen LogP contribution in [0.25, 0.3) is 0 Å². The molecule has 1 rings (SSSR count). The van der Waals surface area contributed by atoms with Gasteiger partial charge in [0.1, 0.15) is 24.4 Å². The highest BCUT2D eigenvalue weighted by atomic mass is 16.7. The summed E-state index contributed by atoms with van der Waals surface area (Å²) in [5.74, 6) is -0.131. The van der Waals surface area contributed by atoms with Crippen molar-refractivity contribution >= 4 is 5.91 Å². The molecule has 532 valence electrons. The zero-order valence-corrected chi connectivity index (χ0v) is 60.0. The van der Waals surface area contributed by atoms with Crippen molar-refractivity contribution < 1.29 is 39.8 Å². The average Bonchev–Trinajstić information content (AvgIpc) is 2.42. The van der Waals surface area contributed by atoms with Gasteiger partial charge < -0.3 is 40.3 Å². The number of unbranched alkanes of at least 4 members (excludes halogenated alkanes) is 64. The van der Waals surface area contributed by atoms with Crippen molar-refractivity contribution in [3.05, 3.63) is 0 Å². The summed E-state index contributed by atoms with van der Waals surface area (Å²) in [6.45, 7) is 3.92. The van der Waals surface area contributed by atoms with Crippen LogP contribution in [0, 0.1) is 0 Å². The van der Waals surface area contributed by atoms with Gasteiger partial charge in [-0.3, -0.25) is 4.79 Å². The zero-order valence-electron chi connectivity index (χ0n) is 60.0. The fourth-order valence-corrected chi connectivity index (χ4v) is 13.9. The summed E-state index contributed by atoms with van der Waals surface area (Å²) in [5, 5.41) is 55.1. The fraction of sp³-hybridized carbons (Fsp3) is 0.988. The Morgan fingerprint density at radius 3 is 0.798 bits per heavy atom. The number of amides is 1. The second-order valence-corrected chi connectivity index (χ2v) is 28.9. The molecule has 7 atom stereocenters. The molecule has 1 fully saturated rings. The van der Waals surface area contributed by atoms with Gasteiger partial charge in [-0.2, -0.15) is 0 Å². The third-order valence-corrected chi connectivity index (χ3v) is 20.2. The topological polar surface area (TPSA) is 149 Å². The van der Waals surface area contributed by atoms with E-state index in [2.05, 4.69) is 19.2 Å². The molecular formula is C80H159NO8. The van der Waals surface area contributed by atoms with E-state index >= 15 is 0 Å². The first-order valence-corrected chi connectivity index (χ1v) is 40.7. The van der Waals surface area contributed by atoms with E-state index in [1.165, 1.54) is 385 Å². The fourth-order valence-electron chi connectivity index (χ4n) is 13.9. The number of carbonyl (C=O) groups excluding carboxylic acids is 1. The first-order valence-electron chi connectivity index (χ1n) is 40.7. The van der Waals surface area contributed by atoms with Gasteiger partial charge in [0.25, 0.3) is 0 Å². The van der Waals surface area contributed by atoms with Gasteiger partial charge in [0, 0.05) is 6.42 Å². The lowest BCUT2D eigenvalue weighted by atomic mass is 9.99. The van der Waals surface area contributed by atoms with Gasteiger partial charge in [-0.05, 0) is 12.8 Å². The molecule has 6 N–H and O–H groups in total. The maximum absolute atomic E-state index is 13.2. The molecule has 1 saturated heterocycles. The molecule has 1 heterocycles. The highest BCUT2D eigenvalue weighted by Gasteiger charge is 2.44. The standard InChI is InChI=1S/C80H159NO8/c1-3-5-7-9-11-13-15-17-19-21-23-25-27-29-31-33-35-37-38-40-42-44-46-48-50-52-54-56-58-60-62-64-66-68-70-76(84)81-73(72-88-80-79(87)78(86)77(85)75(71-82)89-80)74(83)69-67-65-63-61-59-57-55-53-51-49-47-45-43-41-39-36-34-32-30-28-26-24-22-20-18-16-14-12-10-8-6-4-2/h73-75,77-80,82-83,85-87H,3-72H2,1-2H3,(H,81,84). The first kappa shape index (κ1) is 86.2. The molecule has 9 nitrogen and oxygen atoms in total. The Kier molecular flexibility index (Phi) is 67.8. The summed E-state index contributed by atoms with van der Waals surface area (Å²) in [5.41, 5.74) is 0. The molecule has 0 bridgehead atoms. The number of ether oxygens (including phenoxy) is 2. The van der Waals surface area contributed by atoms with Gasteiger partial charge in [-0.1, -0.05) is 431 Å². The van der Waals surface area contributed by atoms with E-state index in [1.807, 2.05) is 0 Å². The minimum Gasteiger partial charge on any atom is -0.394 e. The highest BCUT2D eigenvalue weighted by Crippen LogP contribution is 2.25. The molecule has 7 unspecified atom stereocenters. The maximum Gasteiger partial charge on any atom is 0.220 e. The van der Waals surface area contributed by atoms with Crippen LogP contribution in [0.2, 0.25) is 0 Å². The normalized spacial score (nSPS) is 17.7. The summed E-state index contributed by atoms with van der Waals surface area (Å²) in [6.07, 6.45) is 83.7. The minimum absolute atomic E-state index is 0.130. The van der Waals surface area contributed by atoms with Crippen LogP contribution in [0.15, 0.2) is 0 Å². The van der Waals surface area contributed by atoms with Crippen LogP contribution in [0.4, 0.5) is 0 Å². The SMILES string of the molecule is CCCCCCCCCCCCCCCCCCCCCCCCCCCCCCCCCCCCC(=O)NC(COC1OC(CO)C(O)C(O)C1O)C(O)CCCCCCCCCCCCCCCCCCCCCCCCCCCCCCCCCC. The van der Waals surface area contributed by atoms with Crippen molar-refractivity contribution in [1.82, 2.24) is 5.32 Å². The van der Waals surface area contributed by atoms with E-state index in [9.17, 15) is 30.3 Å². The molecule has 1 amide bonds. The van der Waals surface area contributed by atoms with Crippen molar-refractivity contribution in [2.24, 2.45) is 0 Å². The van der Waals surface area contributed by atoms with Gasteiger partial charge in [-0.15, -0.1) is 0 Å². The van der Waals surface area contributed by atoms with Crippen molar-refractivity contribution in [2.45, 2.75) is 493 Å². The smallest absolute Gasteiger partial charge is 0.220 e. The third-order valence-electron chi connectivity index (χ3n) is 20.2. The molecule has 89 heavy (non-hydrogen) atoms. The summed E-state index contributed by atoms with van der Waals surface area (Å²) in [7, 11) is 0. The van der Waals surface area contributed by atoms with Crippen molar-refractivity contribution in [3.8, 4) is 0 Å². The highest BCUT2D eigenvalue weighted by molar-refractivity contribution is 5.76. The summed E-state index contributed by atoms with van der Waals surface area (Å²) in [4.78, 5) is 13.2. The molecule has 1 aliphatic rings. The van der Waals surface area contributed by atoms with E-state index in [0.29, 0.717) is 12.8 Å². The van der Waals surface area contributed by atoms with Crippen molar-refractivity contribution in [1.29, 1.82) is 0 Å². The average molecular weight is 1260 g/mol. The van der Waals surface area contributed by atoms with E-state index in [0.717, 1.165) is 38.5 Å². The molecule has 0 aromatic carbocycles. The van der Waals surface area contributed by atoms with Gasteiger partial charge in [0.15, 0.2) is 6.29 Å². The number of aliphatic hydroxyl groups is 5. The summed E-state index contributed by atoms with van der Waals surface area (Å²) >= 11 is 0. The zero-order chi connectivity index (χ0) is 64.2. The van der Waals surface area contributed by atoms with Crippen LogP contribution in [0.1, 0.15) is 450 Å². The molecule has 9 heteroatoms. The minimum atomic E-state index is -1.55. The van der Waals surface area contributed by atoms with Crippen LogP contribution < -0.4 is 5.32 Å². The Balaban J connectivity index is 2.03. The van der Waals surface area contributed by atoms with E-state index in [-0.39, 0.29) is 12.5 Å². The van der Waals surface area contributed by atoms with Crippen LogP contribution >= 0.6 is 0 Å². The van der Waals surface area contributed by atoms with Crippen molar-refractivity contribution in [2.75, 3.05) is 13.2 Å². The Labute approximate surface area is 554 Å². The van der Waals surface area contributed by atoms with Crippen LogP contribution in [-0.4, -0.2) is 87.5 Å². The van der Waals surface area contributed by atoms with E-state index in [1.54, 1.807) is 0 Å². The molecule has 0 aromatic rings. The third kappa shape index (κ3) is 58.3. The Bertz CT molecular complexity index is 1370. The predicted molar refractivity (Wildman–Crippen MR) is 383 cm³/mol. The molecule has 1 aliphatic heterocycles. The monoisotopic (exact) mass is 1260 g/mol. The van der Waals surface area contributed by atoms with Gasteiger partial charge in [-0.25, -0.2) is 0 Å². The Hall–Kier alpha value is -0.810. The molecule has 0 spiro atoms. The maximum atomic E-state index is 13.2. The number of nitrogens with one attached hydrogen (secondary N) is 1. The number of hydrogen-bond donors (Lipinski definition) is 6. The number of aliphatic hydroxyl groups excluding tert-OH is 5. The van der Waals surface area contributed by atoms with Gasteiger partial charge in [0.2, 0.25) is 5.91 Å². The Morgan fingerprint density at radius 2 is 0.562 bits per heavy atom. The van der Waals surface area contributed by atoms with E-state index in [4.69, 9.17) is 9.47 Å². The lowest BCUT2D eigenvalue weighted by Crippen LogP contribution is -2.60. The van der Waals surface area contributed by atoms with Crippen LogP contribution in [-0.2, 0) is 14.3 Å². The Morgan fingerprint density at radius 1 is 0.337 bits per heavy atom. The second kappa shape index (κ2) is 70.0. The lowest BCUT2D eigenvalue weighted by Gasteiger charge is -2.40. The first-order chi connectivity index (χ1) is 43.8. The summed E-state index contributed by atoms with van der Waals surface area (Å²) < 4.78 is 11.4. The van der Waals surface area contributed by atoms with E-state index < -0.39 is 49.5 Å². The molecule has 0 aromatic heterocycles. The predicted octanol–water partition coefficient (Wildman–Crippen LogP) is 23.2. The largest absolute Gasteiger partial charge is 0.394 e. The number of rotatable bonds is 74. The van der Waals surface area contributed by atoms with Crippen LogP contribution in [0.5, 0.6) is 0 Å². The molecule has 0 aliphatic carbocycles. The van der Waals surface area contributed by atoms with Crippen LogP contribution in [0.3, 0.4) is 0 Å². The second-order valence-electron chi connectivity index (χ2n) is 28.9. The quantitative estimate of drug-likeness (QED) is 0.0330. The summed E-state index contributed by atoms with van der Waals surface area (Å²) in [6, 6.07) is -0.716. The van der Waals surface area contributed by atoms with Gasteiger partial charge >= 0.3 is 0 Å².